The van der Waals surface area contributed by atoms with Crippen molar-refractivity contribution in [3.8, 4) is 0 Å². The van der Waals surface area contributed by atoms with Crippen LogP contribution in [0, 0.1) is 11.8 Å². The highest BCUT2D eigenvalue weighted by Gasteiger charge is 2.39. The number of Topliss-reactive ketones (excluding diaryl/α,β-unsaturated/α-hetero) is 1. The number of methoxy groups -OCH3 is 1. The maximum Gasteiger partial charge on any atom is 0.305 e. The molecule has 0 aromatic rings. The smallest absolute Gasteiger partial charge is 0.305 e. The largest absolute Gasteiger partial charge is 0.469 e. The Balaban J connectivity index is 2.32. The van der Waals surface area contributed by atoms with E-state index in [9.17, 15) is 19.8 Å². The molecule has 4 atom stereocenters. The van der Waals surface area contributed by atoms with Crippen LogP contribution in [0.5, 0.6) is 0 Å². The van der Waals surface area contributed by atoms with E-state index in [0.29, 0.717) is 19.3 Å². The summed E-state index contributed by atoms with van der Waals surface area (Å²) in [7, 11) is 1.40. The molecule has 156 valence electrons. The van der Waals surface area contributed by atoms with Crippen molar-refractivity contribution in [2.24, 2.45) is 11.8 Å². The van der Waals surface area contributed by atoms with E-state index in [-0.39, 0.29) is 17.7 Å². The van der Waals surface area contributed by atoms with Gasteiger partial charge in [-0.2, -0.15) is 0 Å². The zero-order valence-electron chi connectivity index (χ0n) is 17.3. The summed E-state index contributed by atoms with van der Waals surface area (Å²) in [5, 5.41) is 20.6. The lowest BCUT2D eigenvalue weighted by Gasteiger charge is -2.21. The summed E-state index contributed by atoms with van der Waals surface area (Å²) in [6.07, 6.45) is 11.8. The van der Waals surface area contributed by atoms with Gasteiger partial charge >= 0.3 is 5.97 Å². The summed E-state index contributed by atoms with van der Waals surface area (Å²) in [5.41, 5.74) is -0.747. The zero-order chi connectivity index (χ0) is 20.3. The molecule has 1 aliphatic carbocycles. The Hall–Kier alpha value is -1.20. The molecule has 0 aliphatic heterocycles. The normalized spacial score (nSPS) is 25.1. The van der Waals surface area contributed by atoms with Gasteiger partial charge in [-0.3, -0.25) is 9.59 Å². The van der Waals surface area contributed by atoms with Gasteiger partial charge in [-0.25, -0.2) is 0 Å². The fraction of sp³-hybridized carbons (Fsp3) is 0.818. The summed E-state index contributed by atoms with van der Waals surface area (Å²) in [6, 6.07) is 0. The summed E-state index contributed by atoms with van der Waals surface area (Å²) >= 11 is 0. The number of aliphatic hydroxyl groups excluding tert-OH is 1. The van der Waals surface area contributed by atoms with Gasteiger partial charge in [0.2, 0.25) is 0 Å². The molecule has 0 aromatic heterocycles. The molecular formula is C22H38O5. The van der Waals surface area contributed by atoms with E-state index < -0.39 is 17.6 Å². The van der Waals surface area contributed by atoms with E-state index in [4.69, 9.17) is 0 Å². The van der Waals surface area contributed by atoms with Crippen LogP contribution in [0.15, 0.2) is 12.2 Å². The van der Waals surface area contributed by atoms with Crippen molar-refractivity contribution in [1.29, 1.82) is 0 Å². The number of ether oxygens (including phenoxy) is 1. The van der Waals surface area contributed by atoms with Gasteiger partial charge in [0.05, 0.1) is 24.7 Å². The Labute approximate surface area is 164 Å². The predicted molar refractivity (Wildman–Crippen MR) is 106 cm³/mol. The molecule has 0 aromatic carbocycles. The van der Waals surface area contributed by atoms with E-state index in [1.807, 2.05) is 13.0 Å². The van der Waals surface area contributed by atoms with Gasteiger partial charge in [0.1, 0.15) is 5.78 Å². The van der Waals surface area contributed by atoms with Gasteiger partial charge in [0, 0.05) is 12.3 Å². The number of esters is 1. The summed E-state index contributed by atoms with van der Waals surface area (Å²) in [4.78, 5) is 23.6. The molecule has 0 spiro atoms. The molecule has 0 unspecified atom stereocenters. The van der Waals surface area contributed by atoms with Crippen LogP contribution in [-0.2, 0) is 14.3 Å². The van der Waals surface area contributed by atoms with Gasteiger partial charge in [-0.05, 0) is 39.0 Å². The van der Waals surface area contributed by atoms with Crippen LogP contribution in [0.2, 0.25) is 0 Å². The van der Waals surface area contributed by atoms with Crippen molar-refractivity contribution in [1.82, 2.24) is 0 Å². The third-order valence-electron chi connectivity index (χ3n) is 5.55. The molecule has 2 N–H and O–H groups in total. The van der Waals surface area contributed by atoms with Gasteiger partial charge in [-0.15, -0.1) is 0 Å². The summed E-state index contributed by atoms with van der Waals surface area (Å²) in [5.74, 6) is -0.555. The van der Waals surface area contributed by atoms with Gasteiger partial charge in [0.25, 0.3) is 0 Å². The molecule has 1 rings (SSSR count). The first-order chi connectivity index (χ1) is 12.8. The maximum atomic E-state index is 12.6. The first kappa shape index (κ1) is 23.8. The van der Waals surface area contributed by atoms with E-state index >= 15 is 0 Å². The van der Waals surface area contributed by atoms with Crippen LogP contribution in [-0.4, -0.2) is 40.8 Å². The molecule has 0 heterocycles. The average Bonchev–Trinajstić information content (AvgIpc) is 2.90. The fourth-order valence-electron chi connectivity index (χ4n) is 3.74. The molecule has 5 nitrogen and oxygen atoms in total. The fourth-order valence-corrected chi connectivity index (χ4v) is 3.74. The van der Waals surface area contributed by atoms with Crippen LogP contribution in [0.1, 0.15) is 84.5 Å². The van der Waals surface area contributed by atoms with Crippen LogP contribution in [0.3, 0.4) is 0 Å². The Morgan fingerprint density at radius 2 is 1.96 bits per heavy atom. The molecule has 1 aliphatic rings. The SMILES string of the molecule is CCCC[C@@](C)(O)CC=C[C@H]1C(=O)[C@@H](CCCCCCC(=O)OC)C[C@@H]1O. The minimum absolute atomic E-state index is 0.0733. The van der Waals surface area contributed by atoms with Crippen molar-refractivity contribution < 1.29 is 24.5 Å². The second-order valence-electron chi connectivity index (χ2n) is 8.19. The number of hydrogen-bond donors (Lipinski definition) is 2. The number of carbonyl (C=O) groups excluding carboxylic acids is 2. The maximum absolute atomic E-state index is 12.6. The third kappa shape index (κ3) is 9.02. The van der Waals surface area contributed by atoms with E-state index in [2.05, 4.69) is 11.7 Å². The second-order valence-corrected chi connectivity index (χ2v) is 8.19. The number of aliphatic hydroxyl groups is 2. The lowest BCUT2D eigenvalue weighted by Crippen LogP contribution is -2.23. The number of unbranched alkanes of at least 4 members (excludes halogenated alkanes) is 4. The molecule has 5 heteroatoms. The Morgan fingerprint density at radius 1 is 1.26 bits per heavy atom. The summed E-state index contributed by atoms with van der Waals surface area (Å²) in [6.45, 7) is 3.92. The van der Waals surface area contributed by atoms with E-state index in [1.165, 1.54) is 7.11 Å². The topological polar surface area (TPSA) is 83.8 Å². The van der Waals surface area contributed by atoms with E-state index in [0.717, 1.165) is 51.4 Å². The van der Waals surface area contributed by atoms with Crippen molar-refractivity contribution in [2.75, 3.05) is 7.11 Å². The van der Waals surface area contributed by atoms with Crippen molar-refractivity contribution in [2.45, 2.75) is 96.2 Å². The van der Waals surface area contributed by atoms with Gasteiger partial charge in [-0.1, -0.05) is 51.2 Å². The predicted octanol–water partition coefficient (Wildman–Crippen LogP) is 3.95. The standard InChI is InChI=1S/C22H38O5/c1-4-5-14-22(2,26)15-10-12-18-19(23)16-17(21(18)25)11-8-6-7-9-13-20(24)27-3/h10,12,17-19,23,26H,4-9,11,13-16H2,1-3H3/t17-,18+,19-,22+/m0/s1. The average molecular weight is 383 g/mol. The molecule has 1 saturated carbocycles. The number of ketones is 1. The second kappa shape index (κ2) is 12.3. The van der Waals surface area contributed by atoms with Gasteiger partial charge < -0.3 is 14.9 Å². The first-order valence-corrected chi connectivity index (χ1v) is 10.5. The quantitative estimate of drug-likeness (QED) is 0.286. The summed E-state index contributed by atoms with van der Waals surface area (Å²) < 4.78 is 4.61. The van der Waals surface area contributed by atoms with Crippen LogP contribution < -0.4 is 0 Å². The van der Waals surface area contributed by atoms with Crippen LogP contribution in [0.4, 0.5) is 0 Å². The minimum atomic E-state index is -0.747. The Morgan fingerprint density at radius 3 is 2.63 bits per heavy atom. The molecule has 0 saturated heterocycles. The number of carbonyl (C=O) groups is 2. The highest BCUT2D eigenvalue weighted by atomic mass is 16.5. The lowest BCUT2D eigenvalue weighted by molar-refractivity contribution is -0.140. The number of hydrogen-bond acceptors (Lipinski definition) is 5. The molecule has 0 amide bonds. The van der Waals surface area contributed by atoms with E-state index in [1.54, 1.807) is 6.08 Å². The molecule has 27 heavy (non-hydrogen) atoms. The van der Waals surface area contributed by atoms with Crippen molar-refractivity contribution >= 4 is 11.8 Å². The number of rotatable bonds is 13. The minimum Gasteiger partial charge on any atom is -0.469 e. The van der Waals surface area contributed by atoms with Crippen molar-refractivity contribution in [3.05, 3.63) is 12.2 Å². The first-order valence-electron chi connectivity index (χ1n) is 10.5. The lowest BCUT2D eigenvalue weighted by atomic mass is 9.93. The van der Waals surface area contributed by atoms with Gasteiger partial charge in [0.15, 0.2) is 0 Å². The molecule has 1 fully saturated rings. The van der Waals surface area contributed by atoms with Crippen LogP contribution in [0.25, 0.3) is 0 Å². The highest BCUT2D eigenvalue weighted by Crippen LogP contribution is 2.33. The Bertz CT molecular complexity index is 483. The molecular weight excluding hydrogens is 344 g/mol. The highest BCUT2D eigenvalue weighted by molar-refractivity contribution is 5.87. The monoisotopic (exact) mass is 382 g/mol. The molecule has 0 bridgehead atoms. The Kier molecular flexibility index (Phi) is 10.9. The zero-order valence-corrected chi connectivity index (χ0v) is 17.3. The van der Waals surface area contributed by atoms with Crippen molar-refractivity contribution in [3.63, 3.8) is 0 Å². The third-order valence-corrected chi connectivity index (χ3v) is 5.55. The van der Waals surface area contributed by atoms with Crippen LogP contribution >= 0.6 is 0 Å². The molecule has 0 radical (unpaired) electrons.